The molecule has 19 nitrogen and oxygen atoms in total. The van der Waals surface area contributed by atoms with Crippen LogP contribution in [0.2, 0.25) is 0 Å². The summed E-state index contributed by atoms with van der Waals surface area (Å²) in [6.07, 6.45) is 35.8. The van der Waals surface area contributed by atoms with E-state index < -0.39 is 124 Å². The van der Waals surface area contributed by atoms with Crippen LogP contribution in [0.15, 0.2) is 12.2 Å². The first-order valence-electron chi connectivity index (χ1n) is 37.9. The predicted octanol–water partition coefficient (Wildman–Crippen LogP) is 11.2. The van der Waals surface area contributed by atoms with E-state index >= 15 is 0 Å². The van der Waals surface area contributed by atoms with Crippen molar-refractivity contribution in [1.29, 1.82) is 0 Å². The summed E-state index contributed by atoms with van der Waals surface area (Å²) < 4.78 is 34.5. The van der Waals surface area contributed by atoms with Crippen LogP contribution in [0, 0.1) is 0 Å². The van der Waals surface area contributed by atoms with E-state index in [0.717, 1.165) is 44.9 Å². The maximum Gasteiger partial charge on any atom is 0.220 e. The number of aliphatic hydroxyl groups is 11. The van der Waals surface area contributed by atoms with Gasteiger partial charge >= 0.3 is 0 Å². The van der Waals surface area contributed by atoms with Gasteiger partial charge in [-0.25, -0.2) is 0 Å². The van der Waals surface area contributed by atoms with Gasteiger partial charge in [-0.05, 0) is 38.5 Å². The molecule has 0 aromatic rings. The Balaban J connectivity index is 1.37. The Morgan fingerprint density at radius 2 is 0.685 bits per heavy atom. The van der Waals surface area contributed by atoms with Crippen LogP contribution in [0.5, 0.6) is 0 Å². The van der Waals surface area contributed by atoms with Crippen molar-refractivity contribution >= 4 is 5.91 Å². The number of allylic oxidation sites excluding steroid dienone is 2. The van der Waals surface area contributed by atoms with E-state index in [9.17, 15) is 61.0 Å². The zero-order chi connectivity index (χ0) is 66.8. The molecule has 0 spiro atoms. The predicted molar refractivity (Wildman–Crippen MR) is 360 cm³/mol. The van der Waals surface area contributed by atoms with Crippen molar-refractivity contribution in [3.05, 3.63) is 12.2 Å². The molecule has 1 amide bonds. The lowest BCUT2D eigenvalue weighted by Gasteiger charge is -2.48. The number of nitrogens with one attached hydrogen (secondary N) is 1. The summed E-state index contributed by atoms with van der Waals surface area (Å²) in [5, 5.41) is 121. The van der Waals surface area contributed by atoms with Crippen molar-refractivity contribution in [3.8, 4) is 0 Å². The average molecular weight is 1320 g/mol. The van der Waals surface area contributed by atoms with Crippen LogP contribution < -0.4 is 5.32 Å². The Morgan fingerprint density at radius 3 is 1.05 bits per heavy atom. The number of amides is 1. The van der Waals surface area contributed by atoms with E-state index in [1.807, 2.05) is 0 Å². The lowest BCUT2D eigenvalue weighted by molar-refractivity contribution is -0.379. The normalized spacial score (nSPS) is 27.7. The van der Waals surface area contributed by atoms with Gasteiger partial charge in [0.1, 0.15) is 73.2 Å². The van der Waals surface area contributed by atoms with Gasteiger partial charge in [0.15, 0.2) is 18.9 Å². The first-order valence-corrected chi connectivity index (χ1v) is 37.9. The standard InChI is InChI=1S/C73H139NO18/c1-3-5-7-9-11-13-15-17-19-21-23-24-25-26-27-28-29-30-31-32-33-35-37-39-41-43-45-47-49-51-61(79)74-56(57(78)50-48-46-44-42-40-38-36-34-22-20-18-16-14-12-10-8-6-4-2)55-87-71-67(85)64(82)69(59(53-76)89-71)92-73-68(86)65(83)70(60(54-77)90-73)91-72-66(84)63(81)62(80)58(52-75)88-72/h21,23,56-60,62-73,75-78,80-86H,3-20,22,24-55H2,1-2H3,(H,74,79)/b23-21-. The fourth-order valence-electron chi connectivity index (χ4n) is 13.2. The third-order valence-electron chi connectivity index (χ3n) is 19.3. The molecule has 3 fully saturated rings. The molecule has 19 heteroatoms. The zero-order valence-corrected chi connectivity index (χ0v) is 57.8. The minimum atomic E-state index is -1.97. The van der Waals surface area contributed by atoms with Crippen LogP contribution >= 0.6 is 0 Å². The Hall–Kier alpha value is -1.47. The second-order valence-corrected chi connectivity index (χ2v) is 27.5. The zero-order valence-electron chi connectivity index (χ0n) is 57.8. The molecule has 92 heavy (non-hydrogen) atoms. The highest BCUT2D eigenvalue weighted by Gasteiger charge is 2.53. The number of carbonyl (C=O) groups excluding carboxylic acids is 1. The van der Waals surface area contributed by atoms with Gasteiger partial charge in [-0.2, -0.15) is 0 Å². The van der Waals surface area contributed by atoms with E-state index in [1.165, 1.54) is 238 Å². The van der Waals surface area contributed by atoms with Gasteiger partial charge in [-0.3, -0.25) is 4.79 Å². The van der Waals surface area contributed by atoms with E-state index in [0.29, 0.717) is 12.8 Å². The fourth-order valence-corrected chi connectivity index (χ4v) is 13.2. The summed E-state index contributed by atoms with van der Waals surface area (Å²) in [4.78, 5) is 13.5. The molecule has 3 aliphatic rings. The van der Waals surface area contributed by atoms with Gasteiger partial charge in [0, 0.05) is 6.42 Å². The summed E-state index contributed by atoms with van der Waals surface area (Å²) >= 11 is 0. The van der Waals surface area contributed by atoms with Crippen molar-refractivity contribution in [2.75, 3.05) is 26.4 Å². The lowest BCUT2D eigenvalue weighted by Crippen LogP contribution is -2.66. The Kier molecular flexibility index (Phi) is 51.0. The molecular formula is C73H139NO18. The highest BCUT2D eigenvalue weighted by atomic mass is 16.8. The summed E-state index contributed by atoms with van der Waals surface area (Å²) in [6, 6.07) is -0.884. The molecule has 544 valence electrons. The first-order chi connectivity index (χ1) is 44.8. The Morgan fingerprint density at radius 1 is 0.380 bits per heavy atom. The summed E-state index contributed by atoms with van der Waals surface area (Å²) in [5.74, 6) is -0.236. The lowest BCUT2D eigenvalue weighted by atomic mass is 9.96. The minimum absolute atomic E-state index is 0.236. The number of unbranched alkanes of at least 4 members (excludes halogenated alkanes) is 42. The van der Waals surface area contributed by atoms with Crippen molar-refractivity contribution < 1.29 is 89.4 Å². The monoisotopic (exact) mass is 1320 g/mol. The molecule has 0 aliphatic carbocycles. The van der Waals surface area contributed by atoms with Crippen LogP contribution in [-0.2, 0) is 33.2 Å². The first kappa shape index (κ1) is 84.8. The van der Waals surface area contributed by atoms with Crippen LogP contribution in [0.25, 0.3) is 0 Å². The quantitative estimate of drug-likeness (QED) is 0.0199. The maximum absolute atomic E-state index is 13.5. The van der Waals surface area contributed by atoms with Crippen molar-refractivity contribution in [1.82, 2.24) is 5.32 Å². The van der Waals surface area contributed by atoms with Crippen LogP contribution in [0.3, 0.4) is 0 Å². The molecule has 0 saturated carbocycles. The molecule has 17 unspecified atom stereocenters. The number of rotatable bonds is 60. The highest BCUT2D eigenvalue weighted by Crippen LogP contribution is 2.33. The second-order valence-electron chi connectivity index (χ2n) is 27.5. The van der Waals surface area contributed by atoms with Crippen molar-refractivity contribution in [3.63, 3.8) is 0 Å². The van der Waals surface area contributed by atoms with Gasteiger partial charge in [0.2, 0.25) is 5.91 Å². The second kappa shape index (κ2) is 55.4. The van der Waals surface area contributed by atoms with Crippen molar-refractivity contribution in [2.24, 2.45) is 0 Å². The Labute approximate surface area is 556 Å². The fraction of sp³-hybridized carbons (Fsp3) is 0.959. The van der Waals surface area contributed by atoms with E-state index in [-0.39, 0.29) is 18.9 Å². The maximum atomic E-state index is 13.5. The molecular weight excluding hydrogens is 1180 g/mol. The van der Waals surface area contributed by atoms with Crippen LogP contribution in [-0.4, -0.2) is 193 Å². The SMILES string of the molecule is CCCCCCCCCC/C=C\CCCCCCCCCCCCCCCCCCCC(=O)NC(COC1OC(CO)C(OC2OC(CO)C(OC3OC(CO)C(O)C(O)C3O)C(O)C2O)C(O)C1O)C(O)CCCCCCCCCCCCCCCCCCCC. The molecule has 17 atom stereocenters. The molecule has 0 bridgehead atoms. The van der Waals surface area contributed by atoms with E-state index in [1.54, 1.807) is 0 Å². The molecule has 3 saturated heterocycles. The molecule has 3 aliphatic heterocycles. The summed E-state index contributed by atoms with van der Waals surface area (Å²) in [6.45, 7) is 1.85. The number of hydrogen-bond donors (Lipinski definition) is 12. The topological polar surface area (TPSA) is 307 Å². The highest BCUT2D eigenvalue weighted by molar-refractivity contribution is 5.76. The molecule has 0 aromatic carbocycles. The molecule has 12 N–H and O–H groups in total. The van der Waals surface area contributed by atoms with Gasteiger partial charge in [-0.1, -0.05) is 283 Å². The third-order valence-corrected chi connectivity index (χ3v) is 19.3. The number of ether oxygens (including phenoxy) is 6. The van der Waals surface area contributed by atoms with Gasteiger partial charge in [-0.15, -0.1) is 0 Å². The Bertz CT molecular complexity index is 1720. The van der Waals surface area contributed by atoms with Crippen LogP contribution in [0.1, 0.15) is 316 Å². The van der Waals surface area contributed by atoms with Crippen LogP contribution in [0.4, 0.5) is 0 Å². The third kappa shape index (κ3) is 36.4. The van der Waals surface area contributed by atoms with Gasteiger partial charge in [0.05, 0.1) is 38.6 Å². The number of aliphatic hydroxyl groups excluding tert-OH is 11. The van der Waals surface area contributed by atoms with Gasteiger partial charge < -0.3 is 89.9 Å². The number of carbonyl (C=O) groups is 1. The summed E-state index contributed by atoms with van der Waals surface area (Å²) in [7, 11) is 0. The van der Waals surface area contributed by atoms with E-state index in [4.69, 9.17) is 28.4 Å². The minimum Gasteiger partial charge on any atom is -0.394 e. The average Bonchev–Trinajstić information content (AvgIpc) is 0.834. The smallest absolute Gasteiger partial charge is 0.220 e. The molecule has 3 rings (SSSR count). The number of hydrogen-bond acceptors (Lipinski definition) is 18. The largest absolute Gasteiger partial charge is 0.394 e. The van der Waals surface area contributed by atoms with Gasteiger partial charge in [0.25, 0.3) is 0 Å². The van der Waals surface area contributed by atoms with E-state index in [2.05, 4.69) is 31.3 Å². The molecule has 0 radical (unpaired) electrons. The molecule has 3 heterocycles. The molecule has 0 aromatic heterocycles. The summed E-state index contributed by atoms with van der Waals surface area (Å²) in [5.41, 5.74) is 0. The van der Waals surface area contributed by atoms with Crippen molar-refractivity contribution in [2.45, 2.75) is 420 Å².